The molecule has 2 rings (SSSR count). The molecule has 1 aliphatic heterocycles. The largest absolute Gasteiger partial charge is 0.314 e. The molecule has 0 aromatic heterocycles. The van der Waals surface area contributed by atoms with Gasteiger partial charge in [0, 0.05) is 25.7 Å². The summed E-state index contributed by atoms with van der Waals surface area (Å²) in [4.78, 5) is 0. The lowest BCUT2D eigenvalue weighted by Crippen LogP contribution is -2.49. The van der Waals surface area contributed by atoms with Gasteiger partial charge < -0.3 is 10.6 Å². The molecule has 1 aromatic carbocycles. The second-order valence-corrected chi connectivity index (χ2v) is 3.89. The minimum absolute atomic E-state index is 0.0631. The Labute approximate surface area is 91.8 Å². The molecule has 5 heteroatoms. The molecular formula is C11H13F3N2. The Bertz CT molecular complexity index is 376. The van der Waals surface area contributed by atoms with E-state index in [1.165, 1.54) is 6.07 Å². The van der Waals surface area contributed by atoms with E-state index in [9.17, 15) is 13.2 Å². The van der Waals surface area contributed by atoms with Crippen molar-refractivity contribution in [2.45, 2.75) is 12.5 Å². The highest BCUT2D eigenvalue weighted by atomic mass is 19.2. The highest BCUT2D eigenvalue weighted by Gasteiger charge is 2.18. The van der Waals surface area contributed by atoms with E-state index in [4.69, 9.17) is 0 Å². The van der Waals surface area contributed by atoms with Gasteiger partial charge in [-0.15, -0.1) is 0 Å². The lowest BCUT2D eigenvalue weighted by atomic mass is 10.0. The molecule has 1 aromatic rings. The smallest absolute Gasteiger partial charge is 0.194 e. The number of hydrogen-bond donors (Lipinski definition) is 2. The fraction of sp³-hybridized carbons (Fsp3) is 0.455. The molecule has 16 heavy (non-hydrogen) atoms. The molecule has 0 bridgehead atoms. The molecular weight excluding hydrogens is 217 g/mol. The first kappa shape index (κ1) is 11.4. The van der Waals surface area contributed by atoms with Crippen molar-refractivity contribution < 1.29 is 13.2 Å². The van der Waals surface area contributed by atoms with Gasteiger partial charge in [-0.05, 0) is 18.1 Å². The molecule has 0 spiro atoms. The Balaban J connectivity index is 2.11. The lowest BCUT2D eigenvalue weighted by molar-refractivity contribution is 0.401. The minimum Gasteiger partial charge on any atom is -0.314 e. The van der Waals surface area contributed by atoms with E-state index in [2.05, 4.69) is 10.6 Å². The van der Waals surface area contributed by atoms with Crippen LogP contribution in [0, 0.1) is 17.5 Å². The van der Waals surface area contributed by atoms with Crippen LogP contribution >= 0.6 is 0 Å². The standard InChI is InChI=1S/C11H13F3N2/c12-9-2-1-7(10(13)11(9)14)5-8-6-15-3-4-16-8/h1-2,8,15-16H,3-6H2. The van der Waals surface area contributed by atoms with Gasteiger partial charge in [0.2, 0.25) is 0 Å². The Morgan fingerprint density at radius 1 is 1.12 bits per heavy atom. The van der Waals surface area contributed by atoms with Crippen molar-refractivity contribution in [1.29, 1.82) is 0 Å². The average Bonchev–Trinajstić information content (AvgIpc) is 2.31. The van der Waals surface area contributed by atoms with Gasteiger partial charge in [-0.25, -0.2) is 13.2 Å². The molecule has 1 fully saturated rings. The van der Waals surface area contributed by atoms with E-state index in [0.717, 1.165) is 19.2 Å². The van der Waals surface area contributed by atoms with Gasteiger partial charge in [0.1, 0.15) is 0 Å². The van der Waals surface area contributed by atoms with E-state index in [0.29, 0.717) is 13.0 Å². The van der Waals surface area contributed by atoms with Crippen molar-refractivity contribution in [3.8, 4) is 0 Å². The normalized spacial score (nSPS) is 21.1. The average molecular weight is 230 g/mol. The van der Waals surface area contributed by atoms with Crippen molar-refractivity contribution in [3.63, 3.8) is 0 Å². The molecule has 2 nitrogen and oxygen atoms in total. The summed E-state index contributed by atoms with van der Waals surface area (Å²) in [7, 11) is 0. The second kappa shape index (κ2) is 4.84. The first-order valence-corrected chi connectivity index (χ1v) is 5.25. The maximum atomic E-state index is 13.4. The zero-order valence-corrected chi connectivity index (χ0v) is 8.69. The summed E-state index contributed by atoms with van der Waals surface area (Å²) in [6.07, 6.45) is 0.357. The molecule has 1 atom stereocenters. The Morgan fingerprint density at radius 3 is 2.62 bits per heavy atom. The summed E-state index contributed by atoms with van der Waals surface area (Å²) in [5, 5.41) is 6.33. The van der Waals surface area contributed by atoms with Crippen LogP contribution < -0.4 is 10.6 Å². The van der Waals surface area contributed by atoms with E-state index in [1.807, 2.05) is 0 Å². The fourth-order valence-corrected chi connectivity index (χ4v) is 1.85. The monoisotopic (exact) mass is 230 g/mol. The van der Waals surface area contributed by atoms with Gasteiger partial charge in [-0.1, -0.05) is 6.07 Å². The van der Waals surface area contributed by atoms with Crippen LogP contribution in [0.5, 0.6) is 0 Å². The summed E-state index contributed by atoms with van der Waals surface area (Å²) in [5.74, 6) is -3.61. The molecule has 0 amide bonds. The molecule has 0 aliphatic carbocycles. The van der Waals surface area contributed by atoms with Gasteiger partial charge in [-0.2, -0.15) is 0 Å². The maximum absolute atomic E-state index is 13.4. The van der Waals surface area contributed by atoms with Crippen molar-refractivity contribution in [3.05, 3.63) is 35.1 Å². The summed E-state index contributed by atoms with van der Waals surface area (Å²) in [5.41, 5.74) is 0.208. The predicted molar refractivity (Wildman–Crippen MR) is 54.7 cm³/mol. The molecule has 1 aliphatic rings. The molecule has 1 heterocycles. The third-order valence-electron chi connectivity index (χ3n) is 2.71. The zero-order chi connectivity index (χ0) is 11.5. The van der Waals surface area contributed by atoms with E-state index in [-0.39, 0.29) is 11.6 Å². The van der Waals surface area contributed by atoms with Crippen molar-refractivity contribution in [2.75, 3.05) is 19.6 Å². The van der Waals surface area contributed by atoms with Crippen LogP contribution in [0.2, 0.25) is 0 Å². The van der Waals surface area contributed by atoms with Crippen LogP contribution in [0.3, 0.4) is 0 Å². The van der Waals surface area contributed by atoms with E-state index < -0.39 is 17.5 Å². The summed E-state index contributed by atoms with van der Waals surface area (Å²) in [6.45, 7) is 2.38. The predicted octanol–water partition coefficient (Wildman–Crippen LogP) is 1.21. The van der Waals surface area contributed by atoms with Crippen LogP contribution in [0.1, 0.15) is 5.56 Å². The molecule has 88 valence electrons. The number of nitrogens with one attached hydrogen (secondary N) is 2. The Kier molecular flexibility index (Phi) is 3.46. The third-order valence-corrected chi connectivity index (χ3v) is 2.71. The lowest BCUT2D eigenvalue weighted by Gasteiger charge is -2.24. The van der Waals surface area contributed by atoms with Gasteiger partial charge in [-0.3, -0.25) is 0 Å². The highest BCUT2D eigenvalue weighted by Crippen LogP contribution is 2.16. The first-order chi connectivity index (χ1) is 7.68. The third kappa shape index (κ3) is 2.36. The maximum Gasteiger partial charge on any atom is 0.194 e. The topological polar surface area (TPSA) is 24.1 Å². The quantitative estimate of drug-likeness (QED) is 0.746. The number of rotatable bonds is 2. The van der Waals surface area contributed by atoms with Crippen molar-refractivity contribution in [2.24, 2.45) is 0 Å². The molecule has 0 saturated carbocycles. The van der Waals surface area contributed by atoms with E-state index in [1.54, 1.807) is 0 Å². The molecule has 2 N–H and O–H groups in total. The number of piperazine rings is 1. The number of benzene rings is 1. The van der Waals surface area contributed by atoms with Crippen LogP contribution in [0.15, 0.2) is 12.1 Å². The Morgan fingerprint density at radius 2 is 1.94 bits per heavy atom. The van der Waals surface area contributed by atoms with Gasteiger partial charge in [0.25, 0.3) is 0 Å². The fourth-order valence-electron chi connectivity index (χ4n) is 1.85. The summed E-state index contributed by atoms with van der Waals surface area (Å²) < 4.78 is 39.0. The molecule has 1 unspecified atom stereocenters. The van der Waals surface area contributed by atoms with Gasteiger partial charge in [0.15, 0.2) is 17.5 Å². The number of halogens is 3. The Hall–Kier alpha value is -1.07. The van der Waals surface area contributed by atoms with Crippen molar-refractivity contribution >= 4 is 0 Å². The van der Waals surface area contributed by atoms with Crippen LogP contribution in [-0.2, 0) is 6.42 Å². The minimum atomic E-state index is -1.39. The number of hydrogen-bond acceptors (Lipinski definition) is 2. The van der Waals surface area contributed by atoms with Crippen molar-refractivity contribution in [1.82, 2.24) is 10.6 Å². The first-order valence-electron chi connectivity index (χ1n) is 5.25. The summed E-state index contributed by atoms with van der Waals surface area (Å²) in [6, 6.07) is 2.32. The van der Waals surface area contributed by atoms with Gasteiger partial charge in [0.05, 0.1) is 0 Å². The molecule has 0 radical (unpaired) electrons. The van der Waals surface area contributed by atoms with Crippen LogP contribution in [0.4, 0.5) is 13.2 Å². The second-order valence-electron chi connectivity index (χ2n) is 3.89. The van der Waals surface area contributed by atoms with E-state index >= 15 is 0 Å². The molecule has 1 saturated heterocycles. The summed E-state index contributed by atoms with van der Waals surface area (Å²) >= 11 is 0. The van der Waals surface area contributed by atoms with Crippen LogP contribution in [-0.4, -0.2) is 25.7 Å². The zero-order valence-electron chi connectivity index (χ0n) is 8.69. The SMILES string of the molecule is Fc1ccc(CC2CNCCN2)c(F)c1F. The van der Waals surface area contributed by atoms with Gasteiger partial charge >= 0.3 is 0 Å². The van der Waals surface area contributed by atoms with Crippen LogP contribution in [0.25, 0.3) is 0 Å². The highest BCUT2D eigenvalue weighted by molar-refractivity contribution is 5.21.